The number of primary amides is 1. The molecule has 0 saturated heterocycles. The van der Waals surface area contributed by atoms with Gasteiger partial charge in [0.1, 0.15) is 18.2 Å². The molecule has 2 aromatic carbocycles. The van der Waals surface area contributed by atoms with E-state index in [-0.39, 0.29) is 12.5 Å². The molecule has 0 saturated carbocycles. The summed E-state index contributed by atoms with van der Waals surface area (Å²) in [6.45, 7) is 4.41. The summed E-state index contributed by atoms with van der Waals surface area (Å²) in [6.07, 6.45) is 7.90. The predicted octanol–water partition coefficient (Wildman–Crippen LogP) is 2.08. The van der Waals surface area contributed by atoms with Crippen LogP contribution in [0, 0.1) is 13.8 Å². The fraction of sp³-hybridized carbons (Fsp3) is 0.125. The van der Waals surface area contributed by atoms with Crippen molar-refractivity contribution < 1.29 is 9.69 Å². The van der Waals surface area contributed by atoms with Gasteiger partial charge in [0.2, 0.25) is 0 Å². The van der Waals surface area contributed by atoms with Gasteiger partial charge in [0.15, 0.2) is 12.4 Å². The number of amides is 1. The number of carbonyl (C=O) groups is 1. The number of anilines is 1. The van der Waals surface area contributed by atoms with Crippen LogP contribution in [0.25, 0.3) is 16.6 Å². The second kappa shape index (κ2) is 7.37. The van der Waals surface area contributed by atoms with Crippen LogP contribution in [0.5, 0.6) is 0 Å². The first kappa shape index (κ1) is 19.0. The molecule has 3 aromatic rings. The molecule has 0 radical (unpaired) electrons. The molecule has 156 valence electrons. The Hall–Kier alpha value is -3.97. The number of carbonyl (C=O) groups excluding carboxylic acids is 1. The average molecular weight is 414 g/mol. The second-order valence-electron chi connectivity index (χ2n) is 7.92. The SMILES string of the molecule is Cc1cccc(C)c1NC1=C(c2c[nH]c3ccccc23)NC2=C[NH+](CC(N)=O)C=CN21. The van der Waals surface area contributed by atoms with E-state index in [0.717, 1.165) is 44.4 Å². The zero-order valence-electron chi connectivity index (χ0n) is 17.5. The molecule has 1 unspecified atom stereocenters. The molecule has 1 aromatic heterocycles. The molecule has 2 aliphatic rings. The van der Waals surface area contributed by atoms with E-state index in [0.29, 0.717) is 0 Å². The number of hydrogen-bond donors (Lipinski definition) is 5. The van der Waals surface area contributed by atoms with Crippen LogP contribution in [0.3, 0.4) is 0 Å². The van der Waals surface area contributed by atoms with E-state index >= 15 is 0 Å². The summed E-state index contributed by atoms with van der Waals surface area (Å²) in [6, 6.07) is 14.5. The zero-order chi connectivity index (χ0) is 21.5. The first-order valence-corrected chi connectivity index (χ1v) is 10.3. The van der Waals surface area contributed by atoms with Gasteiger partial charge in [-0.25, -0.2) is 0 Å². The highest BCUT2D eigenvalue weighted by molar-refractivity contribution is 5.94. The summed E-state index contributed by atoms with van der Waals surface area (Å²) < 4.78 is 0. The molecule has 1 atom stereocenters. The number of aryl methyl sites for hydroxylation is 2. The molecule has 6 N–H and O–H groups in total. The number of fused-ring (bicyclic) bond motifs is 2. The maximum Gasteiger partial charge on any atom is 0.273 e. The fourth-order valence-corrected chi connectivity index (χ4v) is 4.18. The standard InChI is InChI=1S/C24H24N6O/c1-15-6-5-7-16(2)22(15)28-24-23(18-12-26-19-9-4-3-8-17(18)19)27-21-14-29(13-20(25)31)10-11-30(21)24/h3-12,14,26-28H,13H2,1-2H3,(H2,25,31)/p+1. The van der Waals surface area contributed by atoms with Gasteiger partial charge in [-0.2, -0.15) is 0 Å². The summed E-state index contributed by atoms with van der Waals surface area (Å²) in [7, 11) is 0. The van der Waals surface area contributed by atoms with E-state index < -0.39 is 0 Å². The van der Waals surface area contributed by atoms with Crippen molar-refractivity contribution >= 4 is 28.2 Å². The van der Waals surface area contributed by atoms with E-state index in [4.69, 9.17) is 5.73 Å². The minimum Gasteiger partial charge on any atom is -0.365 e. The van der Waals surface area contributed by atoms with Gasteiger partial charge in [0.05, 0.1) is 11.9 Å². The Balaban J connectivity index is 1.62. The van der Waals surface area contributed by atoms with E-state index in [2.05, 4.69) is 64.7 Å². The first-order valence-electron chi connectivity index (χ1n) is 10.3. The van der Waals surface area contributed by atoms with E-state index in [1.807, 2.05) is 36.9 Å². The summed E-state index contributed by atoms with van der Waals surface area (Å²) in [4.78, 5) is 17.7. The van der Waals surface area contributed by atoms with Crippen LogP contribution in [-0.2, 0) is 4.79 Å². The Morgan fingerprint density at radius 2 is 1.90 bits per heavy atom. The Morgan fingerprint density at radius 3 is 2.68 bits per heavy atom. The van der Waals surface area contributed by atoms with Crippen molar-refractivity contribution in [3.05, 3.63) is 95.6 Å². The summed E-state index contributed by atoms with van der Waals surface area (Å²) in [5.41, 5.74) is 12.0. The largest absolute Gasteiger partial charge is 0.365 e. The molecule has 1 amide bonds. The monoisotopic (exact) mass is 413 g/mol. The van der Waals surface area contributed by atoms with Gasteiger partial charge in [0.25, 0.3) is 5.91 Å². The molecule has 31 heavy (non-hydrogen) atoms. The van der Waals surface area contributed by atoms with E-state index in [9.17, 15) is 4.79 Å². The molecular weight excluding hydrogens is 388 g/mol. The van der Waals surface area contributed by atoms with Crippen LogP contribution in [0.15, 0.2) is 78.9 Å². The lowest BCUT2D eigenvalue weighted by Crippen LogP contribution is -3.05. The maximum absolute atomic E-state index is 11.4. The number of rotatable bonds is 5. The molecule has 3 heterocycles. The molecule has 0 aliphatic carbocycles. The molecule has 7 nitrogen and oxygen atoms in total. The van der Waals surface area contributed by atoms with Gasteiger partial charge in [-0.05, 0) is 31.0 Å². The van der Waals surface area contributed by atoms with Gasteiger partial charge >= 0.3 is 0 Å². The lowest BCUT2D eigenvalue weighted by molar-refractivity contribution is -0.783. The van der Waals surface area contributed by atoms with Crippen LogP contribution in [-0.4, -0.2) is 22.3 Å². The summed E-state index contributed by atoms with van der Waals surface area (Å²) in [5, 5.41) is 8.37. The quantitative estimate of drug-likeness (QED) is 0.443. The highest BCUT2D eigenvalue weighted by Crippen LogP contribution is 2.35. The van der Waals surface area contributed by atoms with Gasteiger partial charge in [-0.3, -0.25) is 14.6 Å². The molecular formula is C24H25N6O+. The molecule has 0 spiro atoms. The van der Waals surface area contributed by atoms with E-state index in [1.165, 1.54) is 11.1 Å². The van der Waals surface area contributed by atoms with Crippen LogP contribution >= 0.6 is 0 Å². The number of aromatic amines is 1. The number of benzene rings is 2. The average Bonchev–Trinajstić information content (AvgIpc) is 3.31. The Kier molecular flexibility index (Phi) is 4.52. The van der Waals surface area contributed by atoms with Crippen molar-refractivity contribution in [2.24, 2.45) is 5.73 Å². The van der Waals surface area contributed by atoms with Crippen molar-refractivity contribution in [1.82, 2.24) is 15.2 Å². The third-order valence-corrected chi connectivity index (χ3v) is 5.71. The zero-order valence-corrected chi connectivity index (χ0v) is 17.5. The minimum atomic E-state index is -0.346. The maximum atomic E-state index is 11.4. The number of hydrogen-bond acceptors (Lipinski definition) is 4. The van der Waals surface area contributed by atoms with Crippen LogP contribution < -0.4 is 21.3 Å². The number of nitrogens with two attached hydrogens (primary N) is 1. The van der Waals surface area contributed by atoms with Gasteiger partial charge < -0.3 is 21.4 Å². The van der Waals surface area contributed by atoms with Crippen LogP contribution in [0.2, 0.25) is 0 Å². The van der Waals surface area contributed by atoms with E-state index in [1.54, 1.807) is 0 Å². The third-order valence-electron chi connectivity index (χ3n) is 5.71. The first-order chi connectivity index (χ1) is 15.0. The van der Waals surface area contributed by atoms with Crippen molar-refractivity contribution in [3.63, 3.8) is 0 Å². The van der Waals surface area contributed by atoms with Crippen LogP contribution in [0.1, 0.15) is 16.7 Å². The Labute approximate surface area is 180 Å². The van der Waals surface area contributed by atoms with Crippen molar-refractivity contribution in [2.75, 3.05) is 11.9 Å². The van der Waals surface area contributed by atoms with Crippen LogP contribution in [0.4, 0.5) is 5.69 Å². The number of nitrogens with one attached hydrogen (secondary N) is 4. The van der Waals surface area contributed by atoms with Gasteiger partial charge in [-0.15, -0.1) is 0 Å². The Bertz CT molecular complexity index is 1260. The molecule has 0 fully saturated rings. The minimum absolute atomic E-state index is 0.206. The normalized spacial score (nSPS) is 17.5. The van der Waals surface area contributed by atoms with Gasteiger partial charge in [-0.1, -0.05) is 36.4 Å². The number of H-pyrrole nitrogens is 1. The van der Waals surface area contributed by atoms with Crippen molar-refractivity contribution in [3.8, 4) is 0 Å². The lowest BCUT2D eigenvalue weighted by Gasteiger charge is -2.24. The summed E-state index contributed by atoms with van der Waals surface area (Å²) >= 11 is 0. The molecule has 0 bridgehead atoms. The summed E-state index contributed by atoms with van der Waals surface area (Å²) in [5.74, 6) is 1.47. The van der Waals surface area contributed by atoms with Crippen molar-refractivity contribution in [2.45, 2.75) is 13.8 Å². The highest BCUT2D eigenvalue weighted by Gasteiger charge is 2.32. The lowest BCUT2D eigenvalue weighted by atomic mass is 10.1. The fourth-order valence-electron chi connectivity index (χ4n) is 4.18. The Morgan fingerprint density at radius 1 is 1.13 bits per heavy atom. The molecule has 5 rings (SSSR count). The predicted molar refractivity (Wildman–Crippen MR) is 122 cm³/mol. The molecule has 7 heteroatoms. The van der Waals surface area contributed by atoms with Crippen molar-refractivity contribution in [1.29, 1.82) is 0 Å². The number of quaternary nitrogens is 1. The topological polar surface area (TPSA) is 90.6 Å². The van der Waals surface area contributed by atoms with Gasteiger partial charge in [0, 0.05) is 28.4 Å². The second-order valence-corrected chi connectivity index (χ2v) is 7.92. The highest BCUT2D eigenvalue weighted by atomic mass is 16.1. The smallest absolute Gasteiger partial charge is 0.273 e. The number of nitrogens with zero attached hydrogens (tertiary/aromatic N) is 1. The molecule has 2 aliphatic heterocycles. The third kappa shape index (κ3) is 3.35. The number of aromatic nitrogens is 1. The number of para-hydroxylation sites is 2.